The summed E-state index contributed by atoms with van der Waals surface area (Å²) in [6.07, 6.45) is 0.488. The first-order valence-electron chi connectivity index (χ1n) is 6.56. The lowest BCUT2D eigenvalue weighted by Crippen LogP contribution is -2.48. The van der Waals surface area contributed by atoms with E-state index in [0.29, 0.717) is 12.3 Å². The van der Waals surface area contributed by atoms with Crippen LogP contribution in [-0.2, 0) is 4.79 Å². The fourth-order valence-corrected chi connectivity index (χ4v) is 2.27. The number of aryl methyl sites for hydroxylation is 2. The van der Waals surface area contributed by atoms with E-state index < -0.39 is 0 Å². The Hall–Kier alpha value is -0.780. The average molecular weight is 323 g/mol. The Bertz CT molecular complexity index is 432. The van der Waals surface area contributed by atoms with Crippen LogP contribution in [0.15, 0.2) is 6.07 Å². The van der Waals surface area contributed by atoms with Crippen molar-refractivity contribution in [1.29, 1.82) is 0 Å². The van der Waals surface area contributed by atoms with E-state index in [-0.39, 0.29) is 36.8 Å². The van der Waals surface area contributed by atoms with Gasteiger partial charge in [-0.2, -0.15) is 5.10 Å². The van der Waals surface area contributed by atoms with Crippen molar-refractivity contribution in [3.05, 3.63) is 17.5 Å². The van der Waals surface area contributed by atoms with Crippen LogP contribution >= 0.6 is 24.8 Å². The Morgan fingerprint density at radius 3 is 2.60 bits per heavy atom. The second kappa shape index (κ2) is 8.49. The molecule has 0 radical (unpaired) electrons. The summed E-state index contributed by atoms with van der Waals surface area (Å²) < 4.78 is 1.93. The zero-order chi connectivity index (χ0) is 13.1. The molecule has 5 nitrogen and oxygen atoms in total. The molecule has 0 bridgehead atoms. The molecule has 20 heavy (non-hydrogen) atoms. The van der Waals surface area contributed by atoms with Gasteiger partial charge in [-0.05, 0) is 26.8 Å². The third-order valence-electron chi connectivity index (χ3n) is 3.40. The normalized spacial score (nSPS) is 15.6. The number of rotatable bonds is 5. The summed E-state index contributed by atoms with van der Waals surface area (Å²) in [4.78, 5) is 11.8. The number of hydrogen-bond acceptors (Lipinski definition) is 3. The zero-order valence-corrected chi connectivity index (χ0v) is 13.8. The van der Waals surface area contributed by atoms with Crippen LogP contribution in [0, 0.1) is 19.8 Å². The van der Waals surface area contributed by atoms with Gasteiger partial charge in [-0.15, -0.1) is 24.8 Å². The summed E-state index contributed by atoms with van der Waals surface area (Å²) in [5.41, 5.74) is 2.11. The first-order valence-corrected chi connectivity index (χ1v) is 6.56. The predicted octanol–water partition coefficient (Wildman–Crippen LogP) is 1.63. The fraction of sp³-hybridized carbons (Fsp3) is 0.692. The average Bonchev–Trinajstić information content (AvgIpc) is 2.55. The smallest absolute Gasteiger partial charge is 0.222 e. The molecule has 0 spiro atoms. The van der Waals surface area contributed by atoms with E-state index in [1.807, 2.05) is 31.5 Å². The van der Waals surface area contributed by atoms with Crippen molar-refractivity contribution in [2.75, 3.05) is 19.6 Å². The minimum atomic E-state index is 0. The highest BCUT2D eigenvalue weighted by Crippen LogP contribution is 2.14. The maximum absolute atomic E-state index is 11.8. The summed E-state index contributed by atoms with van der Waals surface area (Å²) in [6.45, 7) is 8.86. The molecule has 1 amide bonds. The fourth-order valence-electron chi connectivity index (χ4n) is 2.27. The van der Waals surface area contributed by atoms with Gasteiger partial charge in [0.2, 0.25) is 5.91 Å². The molecule has 2 heterocycles. The van der Waals surface area contributed by atoms with E-state index in [0.717, 1.165) is 31.0 Å². The largest absolute Gasteiger partial charge is 0.356 e. The molecule has 1 unspecified atom stereocenters. The summed E-state index contributed by atoms with van der Waals surface area (Å²) in [6, 6.07) is 2.15. The van der Waals surface area contributed by atoms with E-state index in [9.17, 15) is 4.79 Å². The first-order chi connectivity index (χ1) is 8.56. The molecule has 1 atom stereocenters. The Balaban J connectivity index is 0.00000180. The molecule has 2 N–H and O–H groups in total. The minimum absolute atomic E-state index is 0. The molecule has 1 aromatic rings. The van der Waals surface area contributed by atoms with Gasteiger partial charge in [-0.25, -0.2) is 0 Å². The van der Waals surface area contributed by atoms with Crippen LogP contribution < -0.4 is 10.6 Å². The number of nitrogens with one attached hydrogen (secondary N) is 2. The number of carbonyl (C=O) groups excluding carboxylic acids is 1. The molecule has 1 aromatic heterocycles. The number of carbonyl (C=O) groups is 1. The molecule has 0 aromatic carbocycles. The van der Waals surface area contributed by atoms with Gasteiger partial charge in [0.15, 0.2) is 0 Å². The third kappa shape index (κ3) is 4.96. The van der Waals surface area contributed by atoms with Crippen molar-refractivity contribution in [2.45, 2.75) is 33.2 Å². The van der Waals surface area contributed by atoms with Crippen molar-refractivity contribution >= 4 is 30.7 Å². The quantitative estimate of drug-likeness (QED) is 0.866. The van der Waals surface area contributed by atoms with E-state index in [1.54, 1.807) is 0 Å². The molecule has 1 aliphatic rings. The van der Waals surface area contributed by atoms with Crippen LogP contribution in [0.5, 0.6) is 0 Å². The molecule has 2 rings (SSSR count). The van der Waals surface area contributed by atoms with Gasteiger partial charge in [0, 0.05) is 37.7 Å². The Morgan fingerprint density at radius 2 is 2.15 bits per heavy atom. The number of nitrogens with zero attached hydrogens (tertiary/aromatic N) is 2. The zero-order valence-electron chi connectivity index (χ0n) is 12.2. The van der Waals surface area contributed by atoms with Crippen LogP contribution in [0.4, 0.5) is 0 Å². The first kappa shape index (κ1) is 19.2. The summed E-state index contributed by atoms with van der Waals surface area (Å²) in [5.74, 6) is 0.722. The maximum atomic E-state index is 11.8. The molecule has 7 heteroatoms. The molecular formula is C13H24Cl2N4O. The lowest BCUT2D eigenvalue weighted by Gasteiger charge is -2.27. The Kier molecular flexibility index (Phi) is 8.16. The molecular weight excluding hydrogens is 299 g/mol. The van der Waals surface area contributed by atoms with Crippen LogP contribution in [0.3, 0.4) is 0 Å². The highest BCUT2D eigenvalue weighted by Gasteiger charge is 2.18. The van der Waals surface area contributed by atoms with Gasteiger partial charge in [-0.3, -0.25) is 9.48 Å². The lowest BCUT2D eigenvalue weighted by atomic mass is 10.0. The van der Waals surface area contributed by atoms with E-state index >= 15 is 0 Å². The van der Waals surface area contributed by atoms with Crippen molar-refractivity contribution < 1.29 is 4.79 Å². The number of aromatic nitrogens is 2. The topological polar surface area (TPSA) is 59.0 Å². The number of amides is 1. The van der Waals surface area contributed by atoms with Gasteiger partial charge in [0.25, 0.3) is 0 Å². The second-order valence-electron chi connectivity index (χ2n) is 5.25. The van der Waals surface area contributed by atoms with Crippen molar-refractivity contribution in [1.82, 2.24) is 20.4 Å². The summed E-state index contributed by atoms with van der Waals surface area (Å²) in [7, 11) is 0. The van der Waals surface area contributed by atoms with Crippen molar-refractivity contribution in [3.8, 4) is 0 Å². The van der Waals surface area contributed by atoms with Crippen molar-refractivity contribution in [3.63, 3.8) is 0 Å². The molecule has 1 fully saturated rings. The van der Waals surface area contributed by atoms with Crippen LogP contribution in [-0.4, -0.2) is 35.3 Å². The van der Waals surface area contributed by atoms with E-state index in [2.05, 4.69) is 15.7 Å². The number of hydrogen-bond donors (Lipinski definition) is 2. The minimum Gasteiger partial charge on any atom is -0.356 e. The third-order valence-corrected chi connectivity index (χ3v) is 3.40. The monoisotopic (exact) mass is 322 g/mol. The van der Waals surface area contributed by atoms with E-state index in [4.69, 9.17) is 0 Å². The van der Waals surface area contributed by atoms with E-state index in [1.165, 1.54) is 0 Å². The molecule has 116 valence electrons. The molecule has 0 aliphatic carbocycles. The summed E-state index contributed by atoms with van der Waals surface area (Å²) in [5, 5.41) is 10.6. The maximum Gasteiger partial charge on any atom is 0.222 e. The second-order valence-corrected chi connectivity index (χ2v) is 5.25. The predicted molar refractivity (Wildman–Crippen MR) is 84.9 cm³/mol. The van der Waals surface area contributed by atoms with Crippen LogP contribution in [0.1, 0.15) is 30.8 Å². The lowest BCUT2D eigenvalue weighted by molar-refractivity contribution is -0.122. The van der Waals surface area contributed by atoms with Gasteiger partial charge in [-0.1, -0.05) is 0 Å². The van der Waals surface area contributed by atoms with Gasteiger partial charge in [0.1, 0.15) is 0 Å². The summed E-state index contributed by atoms with van der Waals surface area (Å²) >= 11 is 0. The molecule has 1 aliphatic heterocycles. The molecule has 0 saturated carbocycles. The Labute approximate surface area is 132 Å². The molecule has 1 saturated heterocycles. The standard InChI is InChI=1S/C13H22N4O.2ClH/c1-9-4-10(2)17(16-9)11(3)5-13(18)15-8-12-6-14-7-12;;/h4,11-12,14H,5-8H2,1-3H3,(H,15,18);2*1H. The van der Waals surface area contributed by atoms with Gasteiger partial charge >= 0.3 is 0 Å². The van der Waals surface area contributed by atoms with Crippen LogP contribution in [0.2, 0.25) is 0 Å². The van der Waals surface area contributed by atoms with Crippen molar-refractivity contribution in [2.24, 2.45) is 5.92 Å². The van der Waals surface area contributed by atoms with Gasteiger partial charge in [0.05, 0.1) is 11.7 Å². The Morgan fingerprint density at radius 1 is 1.50 bits per heavy atom. The highest BCUT2D eigenvalue weighted by atomic mass is 35.5. The van der Waals surface area contributed by atoms with Gasteiger partial charge < -0.3 is 10.6 Å². The highest BCUT2D eigenvalue weighted by molar-refractivity contribution is 5.85. The number of halogens is 2. The van der Waals surface area contributed by atoms with Crippen LogP contribution in [0.25, 0.3) is 0 Å². The SMILES string of the molecule is Cc1cc(C)n(C(C)CC(=O)NCC2CNC2)n1.Cl.Cl.